The van der Waals surface area contributed by atoms with Crippen molar-refractivity contribution < 1.29 is 0 Å². The van der Waals surface area contributed by atoms with Gasteiger partial charge in [0.25, 0.3) is 0 Å². The zero-order valence-electron chi connectivity index (χ0n) is 51.0. The summed E-state index contributed by atoms with van der Waals surface area (Å²) < 4.78 is 9.76. The number of para-hydroxylation sites is 1. The van der Waals surface area contributed by atoms with E-state index in [-0.39, 0.29) is 11.8 Å². The molecule has 4 unspecified atom stereocenters. The van der Waals surface area contributed by atoms with Crippen molar-refractivity contribution in [2.45, 2.75) is 122 Å². The summed E-state index contributed by atoms with van der Waals surface area (Å²) >= 11 is 0. The lowest BCUT2D eigenvalue weighted by atomic mass is 9.83. The molecule has 0 N–H and O–H groups in total. The van der Waals surface area contributed by atoms with Crippen LogP contribution in [-0.4, -0.2) is 18.3 Å². The summed E-state index contributed by atoms with van der Waals surface area (Å²) in [5.41, 5.74) is 25.2. The van der Waals surface area contributed by atoms with Crippen LogP contribution < -0.4 is 0 Å². The number of aromatic nitrogens is 4. The zero-order valence-corrected chi connectivity index (χ0v) is 51.0. The number of nitrogens with zero attached hydrogens (tertiary/aromatic N) is 6. The zero-order chi connectivity index (χ0) is 59.3. The third-order valence-corrected chi connectivity index (χ3v) is 20.8. The van der Waals surface area contributed by atoms with Crippen LogP contribution in [0.25, 0.3) is 96.2 Å². The van der Waals surface area contributed by atoms with Crippen LogP contribution in [-0.2, 0) is 25.7 Å². The van der Waals surface area contributed by atoms with Crippen molar-refractivity contribution in [2.24, 2.45) is 5.92 Å². The molecule has 0 bridgehead atoms. The average Bonchev–Trinajstić information content (AvgIpc) is 1.46. The second-order valence-corrected chi connectivity index (χ2v) is 25.5. The maximum atomic E-state index is 13.0. The van der Waals surface area contributed by atoms with Gasteiger partial charge in [0.2, 0.25) is 0 Å². The van der Waals surface area contributed by atoms with Gasteiger partial charge in [-0.3, -0.25) is 0 Å². The lowest BCUT2D eigenvalue weighted by molar-refractivity contribution is 0.734. The monoisotopic (exact) mass is 1140 g/mol. The van der Waals surface area contributed by atoms with Gasteiger partial charge < -0.3 is 18.3 Å². The molecule has 0 spiro atoms. The van der Waals surface area contributed by atoms with Crippen molar-refractivity contribution in [3.8, 4) is 34.9 Å². The van der Waals surface area contributed by atoms with Crippen LogP contribution >= 0.6 is 0 Å². The molecular formula is C82H72N6. The van der Waals surface area contributed by atoms with Crippen molar-refractivity contribution in [3.05, 3.63) is 254 Å². The van der Waals surface area contributed by atoms with E-state index in [1.54, 1.807) is 0 Å². The molecule has 6 heteroatoms. The molecule has 6 aliphatic rings. The van der Waals surface area contributed by atoms with Crippen molar-refractivity contribution in [2.75, 3.05) is 0 Å². The molecule has 0 radical (unpaired) electrons. The van der Waals surface area contributed by atoms with Gasteiger partial charge in [0.05, 0.1) is 44.8 Å². The van der Waals surface area contributed by atoms with Crippen LogP contribution in [0.15, 0.2) is 176 Å². The number of benzene rings is 6. The number of fused-ring (bicyclic) bond motifs is 12. The number of rotatable bonds is 11. The lowest BCUT2D eigenvalue weighted by Crippen LogP contribution is -2.20. The molecule has 0 saturated heterocycles. The Morgan fingerprint density at radius 3 is 1.67 bits per heavy atom. The summed E-state index contributed by atoms with van der Waals surface area (Å²) in [5.74, 6) is 1.06. The molecular weight excluding hydrogens is 1070 g/mol. The van der Waals surface area contributed by atoms with Crippen molar-refractivity contribution in [1.29, 1.82) is 10.5 Å². The molecule has 0 aliphatic heterocycles. The van der Waals surface area contributed by atoms with E-state index in [2.05, 4.69) is 252 Å². The highest BCUT2D eigenvalue weighted by Crippen LogP contribution is 2.51. The van der Waals surface area contributed by atoms with E-state index in [0.29, 0.717) is 28.7 Å². The van der Waals surface area contributed by atoms with Crippen molar-refractivity contribution in [3.63, 3.8) is 0 Å². The number of hydrogen-bond acceptors (Lipinski definition) is 2. The quantitative estimate of drug-likeness (QED) is 0.129. The first-order valence-corrected chi connectivity index (χ1v) is 32.5. The Bertz CT molecular complexity index is 4880. The highest BCUT2D eigenvalue weighted by atomic mass is 15.1. The van der Waals surface area contributed by atoms with Gasteiger partial charge in [0, 0.05) is 56.2 Å². The van der Waals surface area contributed by atoms with Crippen LogP contribution in [0.2, 0.25) is 0 Å². The molecule has 10 aromatic rings. The molecule has 6 aromatic carbocycles. The molecule has 6 nitrogen and oxygen atoms in total. The summed E-state index contributed by atoms with van der Waals surface area (Å²) in [7, 11) is 0. The van der Waals surface area contributed by atoms with Crippen LogP contribution in [0.4, 0.5) is 0 Å². The number of nitriles is 2. The molecule has 4 atom stereocenters. The molecule has 4 aromatic heterocycles. The fraction of sp³-hybridized carbons (Fsp3) is 0.244. The second-order valence-electron chi connectivity index (χ2n) is 25.5. The van der Waals surface area contributed by atoms with Gasteiger partial charge in [0.15, 0.2) is 0 Å². The lowest BCUT2D eigenvalue weighted by Gasteiger charge is -2.29. The van der Waals surface area contributed by atoms with Gasteiger partial charge >= 0.3 is 0 Å². The highest BCUT2D eigenvalue weighted by molar-refractivity contribution is 6.11. The Hall–Kier alpha value is -9.62. The summed E-state index contributed by atoms with van der Waals surface area (Å²) in [6, 6.07) is 46.9. The third kappa shape index (κ3) is 8.32. The van der Waals surface area contributed by atoms with E-state index in [0.717, 1.165) is 155 Å². The predicted molar refractivity (Wildman–Crippen MR) is 366 cm³/mol. The van der Waals surface area contributed by atoms with E-state index in [4.69, 9.17) is 0 Å². The highest BCUT2D eigenvalue weighted by Gasteiger charge is 2.39. The molecule has 430 valence electrons. The van der Waals surface area contributed by atoms with Crippen LogP contribution in [0, 0.1) is 28.6 Å². The molecule has 16 rings (SSSR count). The van der Waals surface area contributed by atoms with Gasteiger partial charge in [0.1, 0.15) is 23.3 Å². The fourth-order valence-corrected chi connectivity index (χ4v) is 15.9. The van der Waals surface area contributed by atoms with Crippen molar-refractivity contribution >= 4 is 73.5 Å². The minimum absolute atomic E-state index is 0.155. The smallest absolute Gasteiger partial charge is 0.104 e. The second kappa shape index (κ2) is 21.7. The molecule has 0 saturated carbocycles. The topological polar surface area (TPSA) is 67.3 Å². The summed E-state index contributed by atoms with van der Waals surface area (Å²) in [5, 5.41) is 30.5. The third-order valence-electron chi connectivity index (χ3n) is 20.8. The van der Waals surface area contributed by atoms with Crippen LogP contribution in [0.5, 0.6) is 0 Å². The largest absolute Gasteiger partial charge is 0.307 e. The summed E-state index contributed by atoms with van der Waals surface area (Å²) in [6.07, 6.45) is 44.4. The average molecular weight is 1140 g/mol. The summed E-state index contributed by atoms with van der Waals surface area (Å²) in [6.45, 7) is 9.17. The van der Waals surface area contributed by atoms with Gasteiger partial charge in [-0.05, 0) is 211 Å². The van der Waals surface area contributed by atoms with E-state index >= 15 is 0 Å². The minimum atomic E-state index is 0.155. The first-order chi connectivity index (χ1) is 43.3. The van der Waals surface area contributed by atoms with E-state index < -0.39 is 0 Å². The Morgan fingerprint density at radius 2 is 1.00 bits per heavy atom. The van der Waals surface area contributed by atoms with E-state index in [9.17, 15) is 10.5 Å². The van der Waals surface area contributed by atoms with Gasteiger partial charge in [-0.15, -0.1) is 0 Å². The van der Waals surface area contributed by atoms with E-state index in [1.807, 2.05) is 0 Å². The Labute approximate surface area is 516 Å². The van der Waals surface area contributed by atoms with Gasteiger partial charge in [-0.1, -0.05) is 155 Å². The predicted octanol–water partition coefficient (Wildman–Crippen LogP) is 20.7. The molecule has 0 fully saturated rings. The number of aryl methyl sites for hydroxylation is 1. The van der Waals surface area contributed by atoms with Crippen LogP contribution in [0.3, 0.4) is 0 Å². The fourth-order valence-electron chi connectivity index (χ4n) is 15.9. The molecule has 88 heavy (non-hydrogen) atoms. The molecule has 4 heterocycles. The molecule has 0 amide bonds. The maximum absolute atomic E-state index is 13.0. The Morgan fingerprint density at radius 1 is 0.443 bits per heavy atom. The summed E-state index contributed by atoms with van der Waals surface area (Å²) in [4.78, 5) is 0. The number of hydrogen-bond donors (Lipinski definition) is 0. The van der Waals surface area contributed by atoms with Gasteiger partial charge in [-0.25, -0.2) is 0 Å². The Balaban J connectivity index is 1.13. The van der Waals surface area contributed by atoms with Gasteiger partial charge in [-0.2, -0.15) is 10.5 Å². The Kier molecular flexibility index (Phi) is 13.2. The normalized spacial score (nSPS) is 18.1. The minimum Gasteiger partial charge on any atom is -0.307 e. The maximum Gasteiger partial charge on any atom is 0.104 e. The standard InChI is InChI=1S/C82H72N6/c1-5-51(3)56-34-39-77-67(44-56)68-45-57(52(4)6-2)35-40-78(68)85(77)79-69(49-83)80(86-71-31-19-16-28-61(71)64-46-58(36-41-74(64)86)53-22-10-7-11-23-53)82(88-73-33-21-18-30-63(73)66-48-60(38-43-76(66)88)55-26-14-9-15-27-55)81(70(79)50-84)87-72-32-20-17-29-62(72)65-47-59(37-42-75(65)87)54-24-12-8-13-25-54/h7,10-12,14,16,19-28,31-45,48,51-52,58-59H,5-6,8-9,13,15,17-18,29-30,46-47H2,1-4H3. The SMILES string of the molecule is CCC(C)c1ccc2c(c1)c1cc(C(C)CC)ccc1n2-c1c(C#N)c(-n2c3c(c4c2C=CC(C2=CCCC=C2)C4)CCC=C3)c(-n2c3c(c4cc(C5=CCCC=C5)ccc42)CCC=C3)c(-n2c3c(c4ccccc42)CC(c2ccccc2)C=C3)c1C#N. The first-order valence-electron chi connectivity index (χ1n) is 32.5. The van der Waals surface area contributed by atoms with Crippen LogP contribution in [0.1, 0.15) is 175 Å². The van der Waals surface area contributed by atoms with E-state index in [1.165, 1.54) is 61.0 Å². The molecule has 6 aliphatic carbocycles. The van der Waals surface area contributed by atoms with Crippen molar-refractivity contribution in [1.82, 2.24) is 18.3 Å². The number of allylic oxidation sites excluding steroid dienone is 12. The first kappa shape index (κ1) is 53.8.